The lowest BCUT2D eigenvalue weighted by atomic mass is 9.98. The van der Waals surface area contributed by atoms with Crippen molar-refractivity contribution in [3.8, 4) is 17.0 Å². The molecule has 0 unspecified atom stereocenters. The first-order valence-electron chi connectivity index (χ1n) is 10.1. The molecule has 2 aromatic rings. The number of carbonyl (C=O) groups excluding carboxylic acids is 2. The molecule has 1 aliphatic heterocycles. The van der Waals surface area contributed by atoms with E-state index in [1.54, 1.807) is 30.3 Å². The molecule has 0 atom stereocenters. The largest absolute Gasteiger partial charge is 0.497 e. The van der Waals surface area contributed by atoms with Crippen LogP contribution in [0.25, 0.3) is 16.8 Å². The number of hydrogen-bond donors (Lipinski definition) is 0. The lowest BCUT2D eigenvalue weighted by Crippen LogP contribution is -2.39. The molecule has 1 aromatic heterocycles. The van der Waals surface area contributed by atoms with Gasteiger partial charge in [0.25, 0.3) is 0 Å². The van der Waals surface area contributed by atoms with E-state index in [0.717, 1.165) is 22.4 Å². The van der Waals surface area contributed by atoms with Crippen LogP contribution in [0.15, 0.2) is 42.6 Å². The second-order valence-electron chi connectivity index (χ2n) is 8.28. The summed E-state index contributed by atoms with van der Waals surface area (Å²) in [6.07, 6.45) is 4.19. The average Bonchev–Trinajstić information content (AvgIpc) is 2.77. The highest BCUT2D eigenvalue weighted by atomic mass is 16.6. The first-order valence-corrected chi connectivity index (χ1v) is 10.1. The van der Waals surface area contributed by atoms with Crippen LogP contribution < -0.4 is 4.74 Å². The molecular formula is C24H28N2O5. The monoisotopic (exact) mass is 424 g/mol. The van der Waals surface area contributed by atoms with Crippen molar-refractivity contribution in [1.29, 1.82) is 0 Å². The molecule has 164 valence electrons. The molecule has 3 rings (SSSR count). The maximum atomic E-state index is 12.3. The fourth-order valence-electron chi connectivity index (χ4n) is 3.31. The number of amides is 1. The van der Waals surface area contributed by atoms with Crippen LogP contribution in [0, 0.1) is 0 Å². The predicted molar refractivity (Wildman–Crippen MR) is 118 cm³/mol. The van der Waals surface area contributed by atoms with Crippen molar-refractivity contribution in [2.45, 2.75) is 32.8 Å². The van der Waals surface area contributed by atoms with Gasteiger partial charge in [0.05, 0.1) is 25.5 Å². The van der Waals surface area contributed by atoms with Crippen LogP contribution in [-0.4, -0.2) is 54.9 Å². The van der Waals surface area contributed by atoms with Gasteiger partial charge >= 0.3 is 12.1 Å². The van der Waals surface area contributed by atoms with Gasteiger partial charge in [-0.2, -0.15) is 0 Å². The Morgan fingerprint density at radius 2 is 1.84 bits per heavy atom. The molecule has 7 nitrogen and oxygen atoms in total. The van der Waals surface area contributed by atoms with Crippen LogP contribution in [0.5, 0.6) is 5.75 Å². The van der Waals surface area contributed by atoms with Gasteiger partial charge in [0.1, 0.15) is 11.4 Å². The summed E-state index contributed by atoms with van der Waals surface area (Å²) in [5, 5.41) is 0. The molecule has 31 heavy (non-hydrogen) atoms. The summed E-state index contributed by atoms with van der Waals surface area (Å²) in [4.78, 5) is 30.5. The van der Waals surface area contributed by atoms with Crippen molar-refractivity contribution in [2.75, 3.05) is 27.3 Å². The zero-order valence-corrected chi connectivity index (χ0v) is 18.6. The van der Waals surface area contributed by atoms with Gasteiger partial charge in [-0.25, -0.2) is 9.59 Å². The van der Waals surface area contributed by atoms with E-state index < -0.39 is 11.6 Å². The van der Waals surface area contributed by atoms with Gasteiger partial charge in [-0.3, -0.25) is 4.98 Å². The molecule has 2 heterocycles. The van der Waals surface area contributed by atoms with Crippen LogP contribution >= 0.6 is 0 Å². The van der Waals surface area contributed by atoms with Gasteiger partial charge < -0.3 is 19.1 Å². The Labute approximate surface area is 182 Å². The number of nitrogens with zero attached hydrogens (tertiary/aromatic N) is 2. The van der Waals surface area contributed by atoms with Crippen molar-refractivity contribution in [2.24, 2.45) is 0 Å². The number of methoxy groups -OCH3 is 2. The van der Waals surface area contributed by atoms with Crippen LogP contribution in [0.2, 0.25) is 0 Å². The minimum absolute atomic E-state index is 0.301. The number of rotatable bonds is 4. The van der Waals surface area contributed by atoms with E-state index >= 15 is 0 Å². The summed E-state index contributed by atoms with van der Waals surface area (Å²) in [6.45, 7) is 6.66. The van der Waals surface area contributed by atoms with Gasteiger partial charge in [-0.15, -0.1) is 0 Å². The highest BCUT2D eigenvalue weighted by Crippen LogP contribution is 2.29. The summed E-state index contributed by atoms with van der Waals surface area (Å²) in [5.74, 6) is 0.114. The van der Waals surface area contributed by atoms with E-state index in [0.29, 0.717) is 30.8 Å². The molecule has 1 amide bonds. The summed E-state index contributed by atoms with van der Waals surface area (Å²) in [6, 6.07) is 9.12. The standard InChI is InChI=1S/C24H28N2O5/c1-24(2,3)31-23(28)26-10-7-16(8-11-26)17-6-9-25-21(15-17)18-12-19(22(27)30-5)14-20(13-18)29-4/h6-7,9,12-15H,8,10-11H2,1-5H3. The number of ether oxygens (including phenoxy) is 3. The lowest BCUT2D eigenvalue weighted by molar-refractivity contribution is 0.0270. The van der Waals surface area contributed by atoms with Crippen molar-refractivity contribution >= 4 is 17.6 Å². The number of pyridine rings is 1. The third kappa shape index (κ3) is 5.63. The summed E-state index contributed by atoms with van der Waals surface area (Å²) in [7, 11) is 2.89. The predicted octanol–water partition coefficient (Wildman–Crippen LogP) is 4.57. The maximum absolute atomic E-state index is 12.3. The van der Waals surface area contributed by atoms with Crippen molar-refractivity contribution in [1.82, 2.24) is 9.88 Å². The minimum Gasteiger partial charge on any atom is -0.497 e. The third-order valence-corrected chi connectivity index (χ3v) is 4.85. The number of aromatic nitrogens is 1. The molecule has 1 aromatic carbocycles. The molecule has 1 aliphatic rings. The Kier molecular flexibility index (Phi) is 6.63. The Morgan fingerprint density at radius 1 is 1.06 bits per heavy atom. The minimum atomic E-state index is -0.513. The van der Waals surface area contributed by atoms with Gasteiger partial charge in [-0.1, -0.05) is 6.08 Å². The van der Waals surface area contributed by atoms with Crippen LogP contribution in [0.3, 0.4) is 0 Å². The second-order valence-corrected chi connectivity index (χ2v) is 8.28. The lowest BCUT2D eigenvalue weighted by Gasteiger charge is -2.29. The molecule has 7 heteroatoms. The molecular weight excluding hydrogens is 396 g/mol. The Bertz CT molecular complexity index is 1010. The quantitative estimate of drug-likeness (QED) is 0.669. The Balaban J connectivity index is 1.83. The molecule has 0 fully saturated rings. The molecule has 0 aliphatic carbocycles. The van der Waals surface area contributed by atoms with E-state index in [4.69, 9.17) is 14.2 Å². The fraction of sp³-hybridized carbons (Fsp3) is 0.375. The van der Waals surface area contributed by atoms with Crippen LogP contribution in [0.4, 0.5) is 4.79 Å². The first-order chi connectivity index (χ1) is 14.7. The molecule has 0 bridgehead atoms. The zero-order valence-electron chi connectivity index (χ0n) is 18.6. The van der Waals surface area contributed by atoms with E-state index in [-0.39, 0.29) is 6.09 Å². The molecule has 0 radical (unpaired) electrons. The van der Waals surface area contributed by atoms with Crippen molar-refractivity contribution < 1.29 is 23.8 Å². The summed E-state index contributed by atoms with van der Waals surface area (Å²) >= 11 is 0. The maximum Gasteiger partial charge on any atom is 0.410 e. The van der Waals surface area contributed by atoms with Gasteiger partial charge in [-0.05, 0) is 68.7 Å². The van der Waals surface area contributed by atoms with Gasteiger partial charge in [0.2, 0.25) is 0 Å². The number of hydrogen-bond acceptors (Lipinski definition) is 6. The normalized spacial score (nSPS) is 14.0. The third-order valence-electron chi connectivity index (χ3n) is 4.85. The number of esters is 1. The first kappa shape index (κ1) is 22.3. The zero-order chi connectivity index (χ0) is 22.6. The van der Waals surface area contributed by atoms with Crippen LogP contribution in [-0.2, 0) is 9.47 Å². The second kappa shape index (κ2) is 9.20. The number of benzene rings is 1. The molecule has 0 saturated carbocycles. The van der Waals surface area contributed by atoms with E-state index in [1.807, 2.05) is 45.0 Å². The van der Waals surface area contributed by atoms with Crippen molar-refractivity contribution in [3.63, 3.8) is 0 Å². The Hall–Kier alpha value is -3.35. The van der Waals surface area contributed by atoms with Gasteiger partial charge in [0, 0.05) is 24.8 Å². The van der Waals surface area contributed by atoms with Crippen molar-refractivity contribution in [3.05, 3.63) is 53.7 Å². The van der Waals surface area contributed by atoms with E-state index in [2.05, 4.69) is 4.98 Å². The fourth-order valence-corrected chi connectivity index (χ4v) is 3.31. The topological polar surface area (TPSA) is 78.0 Å². The average molecular weight is 424 g/mol. The smallest absolute Gasteiger partial charge is 0.410 e. The summed E-state index contributed by atoms with van der Waals surface area (Å²) in [5.41, 5.74) is 3.52. The Morgan fingerprint density at radius 3 is 2.45 bits per heavy atom. The van der Waals surface area contributed by atoms with E-state index in [1.165, 1.54) is 7.11 Å². The van der Waals surface area contributed by atoms with E-state index in [9.17, 15) is 9.59 Å². The SMILES string of the molecule is COC(=O)c1cc(OC)cc(-c2cc(C3=CCN(C(=O)OC(C)(C)C)CC3)ccn2)c1. The molecule has 0 N–H and O–H groups in total. The summed E-state index contributed by atoms with van der Waals surface area (Å²) < 4.78 is 15.6. The van der Waals surface area contributed by atoms with Crippen LogP contribution in [0.1, 0.15) is 43.1 Å². The highest BCUT2D eigenvalue weighted by Gasteiger charge is 2.24. The molecule has 0 saturated heterocycles. The highest BCUT2D eigenvalue weighted by molar-refractivity contribution is 5.91. The molecule has 0 spiro atoms. The van der Waals surface area contributed by atoms with Gasteiger partial charge in [0.15, 0.2) is 0 Å². The number of carbonyl (C=O) groups is 2.